The van der Waals surface area contributed by atoms with Gasteiger partial charge in [0.05, 0.1) is 62.7 Å². The van der Waals surface area contributed by atoms with Crippen molar-refractivity contribution < 1.29 is 53.8 Å². The number of aromatic amines is 1. The molecule has 40 heteroatoms. The van der Waals surface area contributed by atoms with E-state index in [1.54, 1.807) is 112 Å². The van der Waals surface area contributed by atoms with Crippen LogP contribution in [0.1, 0.15) is 172 Å². The molecule has 6 heterocycles. The molecule has 11 N–H and O–H groups in total. The van der Waals surface area contributed by atoms with E-state index in [9.17, 15) is 44.4 Å². The number of sulfonamides is 3. The number of H-pyrrole nitrogens is 1. The molecule has 0 atom stereocenters. The van der Waals surface area contributed by atoms with Gasteiger partial charge in [-0.25, -0.2) is 73.9 Å². The third-order valence-corrected chi connectivity index (χ3v) is 26.8. The number of nitrogen functional groups attached to an aromatic ring is 1. The number of ether oxygens (including phenoxy) is 3. The number of carbonyl (C=O) groups is 3. The maximum atomic E-state index is 13.1. The van der Waals surface area contributed by atoms with E-state index in [4.69, 9.17) is 54.7 Å². The quantitative estimate of drug-likeness (QED) is 0.0188. The third-order valence-electron chi connectivity index (χ3n) is 17.9. The van der Waals surface area contributed by atoms with Crippen molar-refractivity contribution in [1.82, 2.24) is 75.7 Å². The Morgan fingerprint density at radius 1 is 0.452 bits per heavy atom. The standard InChI is InChI=1S/C25H31ClN6O4S2.C25H32N6O5S2.C21H30N4O4S2.C4H2Cl2N2/c1-4-28-38(34,35)21-13-18(29-23-12-11-22(26)31-32-23)9-10-19(21)20-14-27-24(37-20)16-5-7-17(8-6-16)30-25(33)36-15(2)3;1-4-27-38(34,35)21-13-18(28-22-11-12-23(32)31-30-22)9-10-19(21)20-14-26-24(37-20)16-5-7-17(8-6-16)29-25(33)36-15(2)3;1-4-24-31(27,28)19-11-15(22)7-10-17(19)18-12-23-20(30-18)14-5-8-16(9-6-14)25-21(26)29-13(2)3;5-3-1-2-4(6)8-7-3/h9-17,28H,4-8H2,1-3H3,(H,29,32)(H,30,33);9-17,27H,4-8H2,1-3H3,(H,28,30)(H,29,33)(H,31,32);7,10-14,16,24H,4-6,8-9,22H2,1-3H3,(H,25,26);1-2H. The third kappa shape index (κ3) is 27.2. The van der Waals surface area contributed by atoms with E-state index < -0.39 is 30.1 Å². The predicted octanol–water partition coefficient (Wildman–Crippen LogP) is 15.2. The Morgan fingerprint density at radius 3 is 1.09 bits per heavy atom. The van der Waals surface area contributed by atoms with Gasteiger partial charge in [-0.2, -0.15) is 5.10 Å². The molecular formula is C75H95Cl3N18O13S6. The Balaban J connectivity index is 0.000000189. The maximum Gasteiger partial charge on any atom is 0.407 e. The van der Waals surface area contributed by atoms with Gasteiger partial charge in [-0.1, -0.05) is 73.8 Å². The van der Waals surface area contributed by atoms with Crippen molar-refractivity contribution in [3.63, 3.8) is 0 Å². The lowest BCUT2D eigenvalue weighted by Gasteiger charge is -2.28. The van der Waals surface area contributed by atoms with Crippen molar-refractivity contribution >= 4 is 146 Å². The molecule has 6 aromatic heterocycles. The fraction of sp³-hybridized carbons (Fsp3) is 0.440. The highest BCUT2D eigenvalue weighted by Gasteiger charge is 2.32. The summed E-state index contributed by atoms with van der Waals surface area (Å²) in [5, 5.41) is 39.8. The second kappa shape index (κ2) is 42.5. The Kier molecular flexibility index (Phi) is 33.4. The largest absolute Gasteiger partial charge is 0.447 e. The van der Waals surface area contributed by atoms with Gasteiger partial charge in [0.25, 0.3) is 5.56 Å². The average Bonchev–Trinajstić information content (AvgIpc) is 1.77. The summed E-state index contributed by atoms with van der Waals surface area (Å²) in [4.78, 5) is 63.6. The van der Waals surface area contributed by atoms with Crippen molar-refractivity contribution in [1.29, 1.82) is 0 Å². The van der Waals surface area contributed by atoms with Crippen LogP contribution < -0.4 is 52.0 Å². The number of carbonyl (C=O) groups excluding carboxylic acids is 3. The van der Waals surface area contributed by atoms with Crippen molar-refractivity contribution in [2.45, 2.75) is 208 Å². The highest BCUT2D eigenvalue weighted by atomic mass is 35.5. The van der Waals surface area contributed by atoms with E-state index in [2.05, 4.69) is 86.3 Å². The minimum Gasteiger partial charge on any atom is -0.447 e. The van der Waals surface area contributed by atoms with Crippen LogP contribution in [0.4, 0.5) is 43.1 Å². The van der Waals surface area contributed by atoms with Gasteiger partial charge in [0.15, 0.2) is 27.1 Å². The Bertz CT molecular complexity index is 5090. The number of alkyl carbamates (subject to hydrolysis) is 3. The van der Waals surface area contributed by atoms with Crippen LogP contribution in [0, 0.1) is 0 Å². The predicted molar refractivity (Wildman–Crippen MR) is 449 cm³/mol. The van der Waals surface area contributed by atoms with E-state index in [0.29, 0.717) is 68.2 Å². The van der Waals surface area contributed by atoms with E-state index in [1.165, 1.54) is 52.2 Å². The van der Waals surface area contributed by atoms with Crippen LogP contribution in [-0.4, -0.2) is 145 Å². The molecule has 3 saturated carbocycles. The van der Waals surface area contributed by atoms with Crippen LogP contribution in [0.5, 0.6) is 0 Å². The lowest BCUT2D eigenvalue weighted by molar-refractivity contribution is 0.108. The zero-order valence-corrected chi connectivity index (χ0v) is 71.9. The molecule has 12 rings (SSSR count). The van der Waals surface area contributed by atoms with Crippen LogP contribution >= 0.6 is 68.8 Å². The number of hydrogen-bond acceptors (Lipinski definition) is 27. The molecule has 0 spiro atoms. The smallest absolute Gasteiger partial charge is 0.407 e. The lowest BCUT2D eigenvalue weighted by atomic mass is 9.86. The molecule has 3 aliphatic rings. The molecule has 31 nitrogen and oxygen atoms in total. The van der Waals surface area contributed by atoms with E-state index in [0.717, 1.165) is 107 Å². The first kappa shape index (κ1) is 90.3. The first-order valence-electron chi connectivity index (χ1n) is 37.5. The molecule has 3 aromatic carbocycles. The van der Waals surface area contributed by atoms with Gasteiger partial charge < -0.3 is 46.5 Å². The van der Waals surface area contributed by atoms with Crippen LogP contribution in [0.25, 0.3) is 31.3 Å². The Morgan fingerprint density at radius 2 is 0.774 bits per heavy atom. The van der Waals surface area contributed by atoms with Crippen LogP contribution in [0.15, 0.2) is 129 Å². The van der Waals surface area contributed by atoms with Gasteiger partial charge in [0.2, 0.25) is 30.1 Å². The first-order chi connectivity index (χ1) is 54.8. The van der Waals surface area contributed by atoms with Crippen molar-refractivity contribution in [2.75, 3.05) is 36.0 Å². The number of thiazole rings is 3. The highest BCUT2D eigenvalue weighted by molar-refractivity contribution is 7.90. The number of nitrogens with two attached hydrogens (primary N) is 1. The fourth-order valence-electron chi connectivity index (χ4n) is 12.7. The van der Waals surface area contributed by atoms with Gasteiger partial charge in [-0.3, -0.25) is 4.79 Å². The summed E-state index contributed by atoms with van der Waals surface area (Å²) < 4.78 is 101. The summed E-state index contributed by atoms with van der Waals surface area (Å²) in [7, 11) is -11.2. The molecule has 115 heavy (non-hydrogen) atoms. The summed E-state index contributed by atoms with van der Waals surface area (Å²) in [6.45, 7) is 16.9. The molecule has 9 aromatic rings. The number of anilines is 5. The second-order valence-corrected chi connectivity index (χ2v) is 37.3. The molecule has 0 bridgehead atoms. The molecule has 3 aliphatic carbocycles. The summed E-state index contributed by atoms with van der Waals surface area (Å²) in [6.07, 6.45) is 14.0. The SMILES string of the molecule is CCNS(=O)(=O)c1cc(N)ccc1-c1cnc(C2CCC(NC(=O)OC(C)C)CC2)s1.CCNS(=O)(=O)c1cc(Nc2ccc(=O)[nH]n2)ccc1-c1cnc(C2CCC(NC(=O)OC(C)C)CC2)s1.CCNS(=O)(=O)c1cc(Nc2ccc(Cl)nn2)ccc1-c1cnc(C2CCC(NC(=O)OC(C)C)CC2)s1.Clc1ccc(Cl)nn1. The van der Waals surface area contributed by atoms with E-state index >= 15 is 0 Å². The molecule has 0 aliphatic heterocycles. The van der Waals surface area contributed by atoms with Crippen LogP contribution in [0.2, 0.25) is 15.5 Å². The fourth-order valence-corrected chi connectivity index (χ4v) is 20.5. The zero-order valence-electron chi connectivity index (χ0n) is 64.7. The first-order valence-corrected chi connectivity index (χ1v) is 45.5. The van der Waals surface area contributed by atoms with Crippen LogP contribution in [0.3, 0.4) is 0 Å². The number of amides is 3. The maximum absolute atomic E-state index is 13.1. The Labute approximate surface area is 696 Å². The van der Waals surface area contributed by atoms with Crippen LogP contribution in [-0.2, 0) is 44.3 Å². The minimum atomic E-state index is -3.80. The van der Waals surface area contributed by atoms with Crippen molar-refractivity contribution in [3.8, 4) is 31.3 Å². The average molecular weight is 1760 g/mol. The van der Waals surface area contributed by atoms with Gasteiger partial charge in [-0.05, 0) is 185 Å². The summed E-state index contributed by atoms with van der Waals surface area (Å²) in [6, 6.07) is 24.7. The second-order valence-electron chi connectivity index (χ2n) is 27.8. The van der Waals surface area contributed by atoms with Gasteiger partial charge in [-0.15, -0.1) is 54.4 Å². The lowest BCUT2D eigenvalue weighted by Crippen LogP contribution is -2.38. The topological polar surface area (TPSA) is 440 Å². The zero-order chi connectivity index (χ0) is 83.2. The number of benzene rings is 3. The normalized spacial score (nSPS) is 17.6. The molecule has 0 unspecified atom stereocenters. The summed E-state index contributed by atoms with van der Waals surface area (Å²) in [5.41, 5.74) is 8.71. The monoisotopic (exact) mass is 1750 g/mol. The number of halogens is 3. The number of nitrogens with zero attached hydrogens (tertiary/aromatic N) is 8. The molecule has 620 valence electrons. The summed E-state index contributed by atoms with van der Waals surface area (Å²) in [5.74, 6) is 1.61. The van der Waals surface area contributed by atoms with E-state index in [1.807, 2.05) is 41.5 Å². The van der Waals surface area contributed by atoms with E-state index in [-0.39, 0.29) is 105 Å². The van der Waals surface area contributed by atoms with Crippen molar-refractivity contribution in [3.05, 3.63) is 150 Å². The molecule has 0 saturated heterocycles. The van der Waals surface area contributed by atoms with Crippen molar-refractivity contribution in [2.24, 2.45) is 0 Å². The minimum absolute atomic E-state index is 0.0748. The molecule has 3 amide bonds. The Hall–Kier alpha value is -8.60. The molecule has 0 radical (unpaired) electrons. The number of aromatic nitrogens is 9. The number of rotatable bonds is 25. The number of hydrogen-bond donors (Lipinski definition) is 10. The summed E-state index contributed by atoms with van der Waals surface area (Å²) >= 11 is 21.1. The van der Waals surface area contributed by atoms with Gasteiger partial charge in [0, 0.05) is 114 Å². The molecular weight excluding hydrogens is 1660 g/mol. The van der Waals surface area contributed by atoms with Gasteiger partial charge >= 0.3 is 18.3 Å². The highest BCUT2D eigenvalue weighted by Crippen LogP contribution is 2.44. The number of nitrogens with one attached hydrogen (secondary N) is 9. The molecule has 3 fully saturated rings. The van der Waals surface area contributed by atoms with Gasteiger partial charge in [0.1, 0.15) is 0 Å².